The summed E-state index contributed by atoms with van der Waals surface area (Å²) >= 11 is 0. The van der Waals surface area contributed by atoms with Crippen molar-refractivity contribution in [1.82, 2.24) is 15.0 Å². The lowest BCUT2D eigenvalue weighted by atomic mass is 10.7. The highest BCUT2D eigenvalue weighted by molar-refractivity contribution is 7.84. The van der Waals surface area contributed by atoms with Gasteiger partial charge in [0.1, 0.15) is 0 Å². The van der Waals surface area contributed by atoms with Gasteiger partial charge in [0.15, 0.2) is 0 Å². The topological polar surface area (TPSA) is 89.0 Å². The van der Waals surface area contributed by atoms with E-state index in [0.717, 1.165) is 0 Å². The van der Waals surface area contributed by atoms with Crippen LogP contribution in [-0.2, 0) is 10.8 Å². The summed E-state index contributed by atoms with van der Waals surface area (Å²) in [6.45, 7) is 2.44. The lowest BCUT2D eigenvalue weighted by Crippen LogP contribution is -2.15. The Balaban J connectivity index is 2.60. The number of methoxy groups -OCH3 is 1. The van der Waals surface area contributed by atoms with Gasteiger partial charge in [0.25, 0.3) is 0 Å². The third-order valence-electron chi connectivity index (χ3n) is 1.96. The number of hydrogen-bond acceptors (Lipinski definition) is 7. The van der Waals surface area contributed by atoms with Gasteiger partial charge >= 0.3 is 6.01 Å². The van der Waals surface area contributed by atoms with Crippen molar-refractivity contribution in [3.05, 3.63) is 0 Å². The first-order chi connectivity index (χ1) is 8.19. The lowest BCUT2D eigenvalue weighted by Gasteiger charge is -2.07. The molecule has 0 aromatic carbocycles. The molecule has 0 spiro atoms. The van der Waals surface area contributed by atoms with Crippen LogP contribution in [0.5, 0.6) is 6.01 Å². The van der Waals surface area contributed by atoms with Crippen molar-refractivity contribution < 1.29 is 8.95 Å². The number of ether oxygens (including phenoxy) is 1. The van der Waals surface area contributed by atoms with E-state index in [4.69, 9.17) is 4.74 Å². The second-order valence-electron chi connectivity index (χ2n) is 3.08. The van der Waals surface area contributed by atoms with Crippen molar-refractivity contribution in [3.63, 3.8) is 0 Å². The number of aromatic nitrogens is 3. The molecule has 1 unspecified atom stereocenters. The lowest BCUT2D eigenvalue weighted by molar-refractivity contribution is 0.379. The molecule has 0 saturated carbocycles. The molecule has 17 heavy (non-hydrogen) atoms. The summed E-state index contributed by atoms with van der Waals surface area (Å²) in [5.74, 6) is 2.06. The molecule has 0 radical (unpaired) electrons. The van der Waals surface area contributed by atoms with Gasteiger partial charge in [-0.05, 0) is 0 Å². The minimum Gasteiger partial charge on any atom is -0.467 e. The zero-order valence-corrected chi connectivity index (χ0v) is 11.0. The van der Waals surface area contributed by atoms with Crippen molar-refractivity contribution in [1.29, 1.82) is 0 Å². The first kappa shape index (κ1) is 13.6. The molecule has 0 bridgehead atoms. The van der Waals surface area contributed by atoms with Gasteiger partial charge in [0, 0.05) is 35.9 Å². The van der Waals surface area contributed by atoms with E-state index in [2.05, 4.69) is 25.6 Å². The van der Waals surface area contributed by atoms with Crippen LogP contribution in [0.25, 0.3) is 0 Å². The highest BCUT2D eigenvalue weighted by Crippen LogP contribution is 2.09. The number of rotatable bonds is 7. The van der Waals surface area contributed by atoms with Crippen LogP contribution in [0.3, 0.4) is 0 Å². The van der Waals surface area contributed by atoms with Crippen molar-refractivity contribution >= 4 is 22.7 Å². The van der Waals surface area contributed by atoms with Gasteiger partial charge in [-0.3, -0.25) is 4.21 Å². The molecule has 1 rings (SSSR count). The van der Waals surface area contributed by atoms with E-state index < -0.39 is 10.8 Å². The number of anilines is 2. The first-order valence-electron chi connectivity index (χ1n) is 5.26. The fraction of sp³-hybridized carbons (Fsp3) is 0.667. The van der Waals surface area contributed by atoms with E-state index in [-0.39, 0.29) is 6.01 Å². The number of nitrogens with zero attached hydrogens (tertiary/aromatic N) is 3. The molecule has 2 N–H and O–H groups in total. The molecule has 1 aromatic heterocycles. The van der Waals surface area contributed by atoms with Gasteiger partial charge in [-0.1, -0.05) is 6.92 Å². The zero-order valence-electron chi connectivity index (χ0n) is 10.2. The van der Waals surface area contributed by atoms with E-state index in [1.807, 2.05) is 6.92 Å². The molecule has 1 aromatic rings. The zero-order chi connectivity index (χ0) is 12.7. The fourth-order valence-electron chi connectivity index (χ4n) is 1.06. The normalized spacial score (nSPS) is 11.9. The summed E-state index contributed by atoms with van der Waals surface area (Å²) in [6.07, 6.45) is 0. The summed E-state index contributed by atoms with van der Waals surface area (Å²) in [5, 5.41) is 5.79. The standard InChI is InChI=1S/C9H17N5O2S/c1-4-17(15)6-5-11-8-12-7(10-2)13-9(14-8)16-3/h4-6H2,1-3H3,(H2,10,11,12,13,14). The molecule has 1 heterocycles. The molecule has 0 aliphatic rings. The predicted molar refractivity (Wildman–Crippen MR) is 68.0 cm³/mol. The van der Waals surface area contributed by atoms with Crippen molar-refractivity contribution in [3.8, 4) is 6.01 Å². The average Bonchev–Trinajstić information content (AvgIpc) is 2.37. The average molecular weight is 259 g/mol. The summed E-state index contributed by atoms with van der Waals surface area (Å²) in [4.78, 5) is 12.1. The quantitative estimate of drug-likeness (QED) is 0.718. The molecule has 0 aliphatic heterocycles. The Hall–Kier alpha value is -1.44. The second kappa shape index (κ2) is 7.00. The fourth-order valence-corrected chi connectivity index (χ4v) is 1.68. The second-order valence-corrected chi connectivity index (χ2v) is 4.94. The maximum absolute atomic E-state index is 11.2. The Labute approximate surface area is 103 Å². The molecular weight excluding hydrogens is 242 g/mol. The van der Waals surface area contributed by atoms with Gasteiger partial charge in [0.2, 0.25) is 11.9 Å². The molecule has 96 valence electrons. The summed E-state index contributed by atoms with van der Waals surface area (Å²) in [7, 11) is 2.41. The number of nitrogens with one attached hydrogen (secondary N) is 2. The highest BCUT2D eigenvalue weighted by Gasteiger charge is 2.05. The van der Waals surface area contributed by atoms with Crippen LogP contribution in [0.1, 0.15) is 6.92 Å². The van der Waals surface area contributed by atoms with Crippen LogP contribution < -0.4 is 15.4 Å². The molecule has 8 heteroatoms. The molecule has 0 fully saturated rings. The van der Waals surface area contributed by atoms with Gasteiger partial charge in [-0.25, -0.2) is 0 Å². The number of hydrogen-bond donors (Lipinski definition) is 2. The van der Waals surface area contributed by atoms with Crippen LogP contribution >= 0.6 is 0 Å². The van der Waals surface area contributed by atoms with Crippen molar-refractivity contribution in [2.24, 2.45) is 0 Å². The van der Waals surface area contributed by atoms with Crippen molar-refractivity contribution in [2.45, 2.75) is 6.92 Å². The third kappa shape index (κ3) is 4.51. The Bertz CT molecular complexity index is 365. The van der Waals surface area contributed by atoms with Gasteiger partial charge in [0.05, 0.1) is 7.11 Å². The van der Waals surface area contributed by atoms with Gasteiger partial charge < -0.3 is 15.4 Å². The monoisotopic (exact) mass is 259 g/mol. The minimum atomic E-state index is -0.795. The van der Waals surface area contributed by atoms with E-state index in [1.165, 1.54) is 7.11 Å². The molecule has 0 saturated heterocycles. The first-order valence-corrected chi connectivity index (χ1v) is 6.75. The molecule has 7 nitrogen and oxygen atoms in total. The SMILES string of the molecule is CCS(=O)CCNc1nc(NC)nc(OC)n1. The van der Waals surface area contributed by atoms with E-state index in [1.54, 1.807) is 7.05 Å². The Morgan fingerprint density at radius 3 is 2.59 bits per heavy atom. The maximum atomic E-state index is 11.2. The minimum absolute atomic E-state index is 0.239. The third-order valence-corrected chi connectivity index (χ3v) is 3.26. The Kier molecular flexibility index (Phi) is 5.61. The smallest absolute Gasteiger partial charge is 0.322 e. The molecule has 1 atom stereocenters. The van der Waals surface area contributed by atoms with E-state index in [0.29, 0.717) is 29.9 Å². The summed E-state index contributed by atoms with van der Waals surface area (Å²) < 4.78 is 16.2. The molecule has 0 aliphatic carbocycles. The van der Waals surface area contributed by atoms with Crippen molar-refractivity contribution in [2.75, 3.05) is 42.8 Å². The molecular formula is C9H17N5O2S. The van der Waals surface area contributed by atoms with Crippen LogP contribution in [0.2, 0.25) is 0 Å². The molecule has 0 amide bonds. The summed E-state index contributed by atoms with van der Waals surface area (Å²) in [5.41, 5.74) is 0. The van der Waals surface area contributed by atoms with Crippen LogP contribution in [0.4, 0.5) is 11.9 Å². The van der Waals surface area contributed by atoms with E-state index >= 15 is 0 Å². The van der Waals surface area contributed by atoms with Crippen LogP contribution in [-0.4, -0.2) is 51.4 Å². The van der Waals surface area contributed by atoms with Crippen LogP contribution in [0.15, 0.2) is 0 Å². The van der Waals surface area contributed by atoms with Gasteiger partial charge in [-0.2, -0.15) is 15.0 Å². The maximum Gasteiger partial charge on any atom is 0.322 e. The highest BCUT2D eigenvalue weighted by atomic mass is 32.2. The Morgan fingerprint density at radius 1 is 1.29 bits per heavy atom. The van der Waals surface area contributed by atoms with E-state index in [9.17, 15) is 4.21 Å². The van der Waals surface area contributed by atoms with Crippen LogP contribution in [0, 0.1) is 0 Å². The largest absolute Gasteiger partial charge is 0.467 e. The van der Waals surface area contributed by atoms with Gasteiger partial charge in [-0.15, -0.1) is 0 Å². The predicted octanol–water partition coefficient (Wildman–Crippen LogP) is 0.102. The summed E-state index contributed by atoms with van der Waals surface area (Å²) in [6, 6.07) is 0.239. The Morgan fingerprint density at radius 2 is 2.00 bits per heavy atom.